The van der Waals surface area contributed by atoms with Gasteiger partial charge in [-0.15, -0.1) is 0 Å². The Labute approximate surface area is 154 Å². The molecule has 0 spiro atoms. The number of aliphatic imine (C=N–C) groups is 1. The lowest BCUT2D eigenvalue weighted by molar-refractivity contribution is 0.530. The van der Waals surface area contributed by atoms with Crippen LogP contribution in [-0.2, 0) is 0 Å². The summed E-state index contributed by atoms with van der Waals surface area (Å²) in [6.45, 7) is 0. The normalized spacial score (nSPS) is 16.4. The van der Waals surface area contributed by atoms with E-state index in [1.807, 2.05) is 36.5 Å². The molecule has 2 heteroatoms. The smallest absolute Gasteiger partial charge is 0.0629 e. The fourth-order valence-corrected chi connectivity index (χ4v) is 3.39. The monoisotopic (exact) mass is 338 g/mol. The summed E-state index contributed by atoms with van der Waals surface area (Å²) in [5.41, 5.74) is 4.70. The number of hydrogen-bond acceptors (Lipinski definition) is 2. The van der Waals surface area contributed by atoms with Crippen molar-refractivity contribution in [2.45, 2.75) is 5.92 Å². The van der Waals surface area contributed by atoms with E-state index in [-0.39, 0.29) is 5.92 Å². The highest BCUT2D eigenvalue weighted by Gasteiger charge is 2.17. The molecule has 3 aromatic carbocycles. The summed E-state index contributed by atoms with van der Waals surface area (Å²) in [4.78, 5) is 6.88. The molecule has 4 rings (SSSR count). The van der Waals surface area contributed by atoms with Gasteiger partial charge in [-0.2, -0.15) is 0 Å². The molecular weight excluding hydrogens is 316 g/mol. The first-order chi connectivity index (χ1) is 12.7. The van der Waals surface area contributed by atoms with Crippen LogP contribution in [0.2, 0.25) is 0 Å². The van der Waals surface area contributed by atoms with E-state index in [4.69, 9.17) is 4.99 Å². The Kier molecular flexibility index (Phi) is 4.40. The van der Waals surface area contributed by atoms with Crippen LogP contribution in [0.5, 0.6) is 0 Å². The van der Waals surface area contributed by atoms with Crippen LogP contribution in [0, 0.1) is 0 Å². The zero-order valence-electron chi connectivity index (χ0n) is 15.1. The fourth-order valence-electron chi connectivity index (χ4n) is 3.39. The summed E-state index contributed by atoms with van der Waals surface area (Å²) in [7, 11) is 4.16. The van der Waals surface area contributed by atoms with E-state index in [1.54, 1.807) is 0 Å². The van der Waals surface area contributed by atoms with Crippen molar-refractivity contribution >= 4 is 22.7 Å². The summed E-state index contributed by atoms with van der Waals surface area (Å²) in [6.07, 6.45) is 8.78. The average Bonchev–Trinajstić information content (AvgIpc) is 3.17. The number of allylic oxidation sites excluding steroid dienone is 3. The zero-order valence-corrected chi connectivity index (χ0v) is 15.1. The van der Waals surface area contributed by atoms with Crippen LogP contribution in [0.15, 0.2) is 95.6 Å². The predicted octanol–water partition coefficient (Wildman–Crippen LogP) is 5.69. The molecule has 0 saturated heterocycles. The minimum absolute atomic E-state index is 0.272. The van der Waals surface area contributed by atoms with E-state index in [2.05, 4.69) is 73.6 Å². The van der Waals surface area contributed by atoms with Gasteiger partial charge >= 0.3 is 0 Å². The van der Waals surface area contributed by atoms with Gasteiger partial charge in [0, 0.05) is 37.5 Å². The predicted molar refractivity (Wildman–Crippen MR) is 111 cm³/mol. The van der Waals surface area contributed by atoms with Gasteiger partial charge < -0.3 is 4.90 Å². The standard InChI is InChI=1S/C24H22N2/c1-26(2)21-14-12-19(16-21)23-15-13-18-8-6-7-11-22(18)24(23)17-25-20-9-4-3-5-10-20/h3-17,19H,1-2H3. The molecular formula is C24H22N2. The van der Waals surface area contributed by atoms with Crippen LogP contribution in [0.1, 0.15) is 17.0 Å². The summed E-state index contributed by atoms with van der Waals surface area (Å²) in [5.74, 6) is 0.272. The van der Waals surface area contributed by atoms with Crippen molar-refractivity contribution in [1.29, 1.82) is 0 Å². The van der Waals surface area contributed by atoms with Crippen LogP contribution in [0.4, 0.5) is 5.69 Å². The van der Waals surface area contributed by atoms with Crippen LogP contribution >= 0.6 is 0 Å². The van der Waals surface area contributed by atoms with Crippen LogP contribution < -0.4 is 0 Å². The Morgan fingerprint density at radius 2 is 1.65 bits per heavy atom. The molecule has 26 heavy (non-hydrogen) atoms. The Morgan fingerprint density at radius 3 is 2.42 bits per heavy atom. The SMILES string of the molecule is CN(C)C1=CC(c2ccc3ccccc3c2C=Nc2ccccc2)C=C1. The maximum atomic E-state index is 4.73. The number of fused-ring (bicyclic) bond motifs is 1. The van der Waals surface area contributed by atoms with E-state index >= 15 is 0 Å². The van der Waals surface area contributed by atoms with Gasteiger partial charge in [0.05, 0.1) is 5.69 Å². The van der Waals surface area contributed by atoms with Crippen molar-refractivity contribution in [2.24, 2.45) is 4.99 Å². The maximum Gasteiger partial charge on any atom is 0.0629 e. The molecule has 0 N–H and O–H groups in total. The third kappa shape index (κ3) is 3.18. The van der Waals surface area contributed by atoms with E-state index in [9.17, 15) is 0 Å². The Hall–Kier alpha value is -3.13. The van der Waals surface area contributed by atoms with Gasteiger partial charge in [-0.3, -0.25) is 4.99 Å². The number of para-hydroxylation sites is 1. The van der Waals surface area contributed by atoms with Gasteiger partial charge in [0.25, 0.3) is 0 Å². The molecule has 1 atom stereocenters. The van der Waals surface area contributed by atoms with Gasteiger partial charge in [-0.05, 0) is 40.6 Å². The van der Waals surface area contributed by atoms with Gasteiger partial charge in [-0.1, -0.05) is 60.7 Å². The molecule has 3 aromatic rings. The molecule has 0 fully saturated rings. The molecule has 1 aliphatic rings. The minimum Gasteiger partial charge on any atom is -0.378 e. The van der Waals surface area contributed by atoms with E-state index in [1.165, 1.54) is 27.6 Å². The quantitative estimate of drug-likeness (QED) is 0.558. The fraction of sp³-hybridized carbons (Fsp3) is 0.125. The first-order valence-electron chi connectivity index (χ1n) is 8.90. The molecule has 0 aromatic heterocycles. The highest BCUT2D eigenvalue weighted by Crippen LogP contribution is 2.33. The molecule has 128 valence electrons. The van der Waals surface area contributed by atoms with Crippen molar-refractivity contribution in [2.75, 3.05) is 14.1 Å². The van der Waals surface area contributed by atoms with Crippen LogP contribution in [0.3, 0.4) is 0 Å². The Balaban J connectivity index is 1.83. The summed E-state index contributed by atoms with van der Waals surface area (Å²) in [5, 5.41) is 2.48. The Bertz CT molecular complexity index is 1010. The lowest BCUT2D eigenvalue weighted by atomic mass is 9.91. The number of rotatable bonds is 4. The second kappa shape index (κ2) is 7.01. The summed E-state index contributed by atoms with van der Waals surface area (Å²) >= 11 is 0. The van der Waals surface area contributed by atoms with Crippen LogP contribution in [-0.4, -0.2) is 25.2 Å². The second-order valence-electron chi connectivity index (χ2n) is 6.75. The molecule has 1 aliphatic carbocycles. The molecule has 0 amide bonds. The van der Waals surface area contributed by atoms with Crippen molar-refractivity contribution < 1.29 is 0 Å². The van der Waals surface area contributed by atoms with E-state index in [0.717, 1.165) is 5.69 Å². The topological polar surface area (TPSA) is 15.6 Å². The molecule has 0 heterocycles. The zero-order chi connectivity index (χ0) is 17.9. The largest absolute Gasteiger partial charge is 0.378 e. The van der Waals surface area contributed by atoms with Crippen molar-refractivity contribution in [3.63, 3.8) is 0 Å². The second-order valence-corrected chi connectivity index (χ2v) is 6.75. The van der Waals surface area contributed by atoms with Crippen molar-refractivity contribution in [3.8, 4) is 0 Å². The third-order valence-corrected chi connectivity index (χ3v) is 4.80. The molecule has 1 unspecified atom stereocenters. The summed E-state index contributed by atoms with van der Waals surface area (Å²) in [6, 6.07) is 23.1. The van der Waals surface area contributed by atoms with Gasteiger partial charge in [0.1, 0.15) is 0 Å². The minimum atomic E-state index is 0.272. The van der Waals surface area contributed by atoms with Crippen molar-refractivity contribution in [1.82, 2.24) is 4.90 Å². The first kappa shape index (κ1) is 16.3. The molecule has 0 bridgehead atoms. The average molecular weight is 338 g/mol. The van der Waals surface area contributed by atoms with Gasteiger partial charge in [0.2, 0.25) is 0 Å². The third-order valence-electron chi connectivity index (χ3n) is 4.80. The molecule has 0 aliphatic heterocycles. The number of benzene rings is 3. The lowest BCUT2D eigenvalue weighted by Gasteiger charge is -2.14. The first-order valence-corrected chi connectivity index (χ1v) is 8.90. The number of likely N-dealkylation sites (N-methyl/N-ethyl adjacent to an activating group) is 1. The van der Waals surface area contributed by atoms with E-state index in [0.29, 0.717) is 0 Å². The van der Waals surface area contributed by atoms with Gasteiger partial charge in [0.15, 0.2) is 0 Å². The maximum absolute atomic E-state index is 4.73. The molecule has 0 saturated carbocycles. The highest BCUT2D eigenvalue weighted by atomic mass is 15.1. The van der Waals surface area contributed by atoms with E-state index < -0.39 is 0 Å². The summed E-state index contributed by atoms with van der Waals surface area (Å²) < 4.78 is 0. The van der Waals surface area contributed by atoms with Crippen molar-refractivity contribution in [3.05, 3.63) is 102 Å². The van der Waals surface area contributed by atoms with Gasteiger partial charge in [-0.25, -0.2) is 0 Å². The molecule has 2 nitrogen and oxygen atoms in total. The number of nitrogens with zero attached hydrogens (tertiary/aromatic N) is 2. The lowest BCUT2D eigenvalue weighted by Crippen LogP contribution is -2.08. The number of hydrogen-bond donors (Lipinski definition) is 0. The Morgan fingerprint density at radius 1 is 0.885 bits per heavy atom. The molecule has 0 radical (unpaired) electrons. The van der Waals surface area contributed by atoms with Crippen LogP contribution in [0.25, 0.3) is 10.8 Å². The highest BCUT2D eigenvalue weighted by molar-refractivity contribution is 6.02.